The number of nitrogens with zero attached hydrogens (tertiary/aromatic N) is 3. The fourth-order valence-electron chi connectivity index (χ4n) is 3.41. The van der Waals surface area contributed by atoms with Crippen molar-refractivity contribution in [2.45, 2.75) is 25.2 Å². The molecule has 2 heterocycles. The predicted molar refractivity (Wildman–Crippen MR) is 129 cm³/mol. The van der Waals surface area contributed by atoms with E-state index >= 15 is 0 Å². The maximum Gasteiger partial charge on any atom is 0.276 e. The van der Waals surface area contributed by atoms with Crippen LogP contribution in [0.25, 0.3) is 0 Å². The van der Waals surface area contributed by atoms with Gasteiger partial charge in [0.25, 0.3) is 5.91 Å². The SMILES string of the molecule is CCS(=O)(=O)c1ncc(N(Cc2ccc(F)cc2)Cc2ccco2)c(C(=O)Nc2ccccc2F)n1. The van der Waals surface area contributed by atoms with Crippen molar-refractivity contribution in [3.63, 3.8) is 0 Å². The summed E-state index contributed by atoms with van der Waals surface area (Å²) in [4.78, 5) is 23.1. The van der Waals surface area contributed by atoms with Gasteiger partial charge in [-0.15, -0.1) is 0 Å². The van der Waals surface area contributed by atoms with E-state index < -0.39 is 32.5 Å². The number of furan rings is 1. The lowest BCUT2D eigenvalue weighted by Gasteiger charge is -2.25. The number of anilines is 2. The van der Waals surface area contributed by atoms with Crippen LogP contribution in [-0.4, -0.2) is 30.0 Å². The molecule has 0 atom stereocenters. The van der Waals surface area contributed by atoms with Crippen molar-refractivity contribution in [2.75, 3.05) is 16.0 Å². The van der Waals surface area contributed by atoms with Crippen molar-refractivity contribution in [1.82, 2.24) is 9.97 Å². The van der Waals surface area contributed by atoms with Crippen molar-refractivity contribution in [3.8, 4) is 0 Å². The number of hydrogen-bond acceptors (Lipinski definition) is 7. The Hall–Kier alpha value is -4.12. The van der Waals surface area contributed by atoms with Gasteiger partial charge >= 0.3 is 0 Å². The molecule has 0 aliphatic heterocycles. The smallest absolute Gasteiger partial charge is 0.276 e. The summed E-state index contributed by atoms with van der Waals surface area (Å²) in [6.07, 6.45) is 2.73. The van der Waals surface area contributed by atoms with Crippen LogP contribution in [-0.2, 0) is 22.9 Å². The van der Waals surface area contributed by atoms with E-state index in [0.717, 1.165) is 0 Å². The van der Waals surface area contributed by atoms with Crippen LogP contribution in [0.1, 0.15) is 28.7 Å². The number of rotatable bonds is 9. The van der Waals surface area contributed by atoms with Crippen LogP contribution >= 0.6 is 0 Å². The predicted octanol–water partition coefficient (Wildman–Crippen LogP) is 4.60. The van der Waals surface area contributed by atoms with Crippen LogP contribution < -0.4 is 10.2 Å². The molecule has 2 aromatic carbocycles. The molecule has 1 N–H and O–H groups in total. The minimum absolute atomic E-state index is 0.0944. The Balaban J connectivity index is 1.80. The van der Waals surface area contributed by atoms with Gasteiger partial charge in [-0.05, 0) is 42.0 Å². The van der Waals surface area contributed by atoms with E-state index in [2.05, 4.69) is 15.3 Å². The van der Waals surface area contributed by atoms with Gasteiger partial charge in [-0.1, -0.05) is 31.2 Å². The summed E-state index contributed by atoms with van der Waals surface area (Å²) in [7, 11) is -3.85. The minimum Gasteiger partial charge on any atom is -0.467 e. The molecule has 186 valence electrons. The highest BCUT2D eigenvalue weighted by molar-refractivity contribution is 7.91. The molecule has 0 bridgehead atoms. The molecule has 0 radical (unpaired) electrons. The Kier molecular flexibility index (Phi) is 7.39. The van der Waals surface area contributed by atoms with E-state index in [4.69, 9.17) is 4.42 Å². The van der Waals surface area contributed by atoms with E-state index in [0.29, 0.717) is 11.3 Å². The third-order valence-electron chi connectivity index (χ3n) is 5.30. The highest BCUT2D eigenvalue weighted by Gasteiger charge is 2.25. The Morgan fingerprint density at radius 2 is 1.78 bits per heavy atom. The van der Waals surface area contributed by atoms with Crippen molar-refractivity contribution in [1.29, 1.82) is 0 Å². The Bertz CT molecular complexity index is 1460. The number of benzene rings is 2. The quantitative estimate of drug-likeness (QED) is 0.327. The lowest BCUT2D eigenvalue weighted by atomic mass is 10.1. The van der Waals surface area contributed by atoms with Gasteiger partial charge in [0.1, 0.15) is 17.4 Å². The van der Waals surface area contributed by atoms with Gasteiger partial charge in [0.15, 0.2) is 5.69 Å². The zero-order valence-corrected chi connectivity index (χ0v) is 20.0. The molecule has 2 aromatic heterocycles. The summed E-state index contributed by atoms with van der Waals surface area (Å²) in [6, 6.07) is 14.8. The molecule has 0 aliphatic rings. The van der Waals surface area contributed by atoms with Crippen molar-refractivity contribution < 1.29 is 26.4 Å². The average molecular weight is 513 g/mol. The molecule has 4 rings (SSSR count). The number of amides is 1. The normalized spacial score (nSPS) is 11.3. The molecular weight excluding hydrogens is 490 g/mol. The van der Waals surface area contributed by atoms with E-state index in [1.165, 1.54) is 49.7 Å². The highest BCUT2D eigenvalue weighted by atomic mass is 32.2. The molecule has 1 amide bonds. The summed E-state index contributed by atoms with van der Waals surface area (Å²) in [5.74, 6) is -1.62. The van der Waals surface area contributed by atoms with Crippen molar-refractivity contribution in [2.24, 2.45) is 0 Å². The lowest BCUT2D eigenvalue weighted by Crippen LogP contribution is -2.28. The zero-order valence-electron chi connectivity index (χ0n) is 19.2. The third kappa shape index (κ3) is 5.74. The van der Waals surface area contributed by atoms with Crippen LogP contribution in [0.3, 0.4) is 0 Å². The van der Waals surface area contributed by atoms with Crippen LogP contribution in [0.5, 0.6) is 0 Å². The number of carbonyl (C=O) groups is 1. The zero-order chi connectivity index (χ0) is 25.7. The number of halogens is 2. The summed E-state index contributed by atoms with van der Waals surface area (Å²) in [6.45, 7) is 1.78. The second kappa shape index (κ2) is 10.6. The molecule has 4 aromatic rings. The average Bonchev–Trinajstić information content (AvgIpc) is 3.39. The van der Waals surface area contributed by atoms with Gasteiger partial charge in [0.05, 0.1) is 36.1 Å². The molecular formula is C25H22F2N4O4S. The molecule has 0 unspecified atom stereocenters. The number of carbonyl (C=O) groups excluding carboxylic acids is 1. The molecule has 11 heteroatoms. The summed E-state index contributed by atoms with van der Waals surface area (Å²) in [5.41, 5.74) is 0.519. The highest BCUT2D eigenvalue weighted by Crippen LogP contribution is 2.26. The van der Waals surface area contributed by atoms with Crippen LogP contribution in [0.15, 0.2) is 82.7 Å². The first-order valence-corrected chi connectivity index (χ1v) is 12.6. The Labute approximate surface area is 206 Å². The van der Waals surface area contributed by atoms with Gasteiger partial charge in [0.2, 0.25) is 15.0 Å². The van der Waals surface area contributed by atoms with Gasteiger partial charge in [-0.3, -0.25) is 4.79 Å². The number of hydrogen-bond donors (Lipinski definition) is 1. The number of nitrogens with one attached hydrogen (secondary N) is 1. The lowest BCUT2D eigenvalue weighted by molar-refractivity contribution is 0.102. The summed E-state index contributed by atoms with van der Waals surface area (Å²) < 4.78 is 58.1. The van der Waals surface area contributed by atoms with Crippen LogP contribution in [0.4, 0.5) is 20.2 Å². The Morgan fingerprint density at radius 3 is 2.44 bits per heavy atom. The Morgan fingerprint density at radius 1 is 1.03 bits per heavy atom. The molecule has 0 fully saturated rings. The molecule has 36 heavy (non-hydrogen) atoms. The number of aromatic nitrogens is 2. The van der Waals surface area contributed by atoms with Gasteiger partial charge in [0, 0.05) is 6.54 Å². The van der Waals surface area contributed by atoms with E-state index in [9.17, 15) is 22.0 Å². The second-order valence-electron chi connectivity index (χ2n) is 7.79. The first-order valence-electron chi connectivity index (χ1n) is 10.9. The molecule has 0 saturated carbocycles. The summed E-state index contributed by atoms with van der Waals surface area (Å²) in [5, 5.41) is 1.93. The molecule has 0 spiro atoms. The van der Waals surface area contributed by atoms with Crippen molar-refractivity contribution in [3.05, 3.63) is 102 Å². The van der Waals surface area contributed by atoms with E-state index in [1.807, 2.05) is 0 Å². The maximum atomic E-state index is 14.2. The molecule has 0 saturated heterocycles. The first-order chi connectivity index (χ1) is 17.3. The topological polar surface area (TPSA) is 105 Å². The van der Waals surface area contributed by atoms with E-state index in [1.54, 1.807) is 35.2 Å². The number of sulfone groups is 1. The molecule has 0 aliphatic carbocycles. The largest absolute Gasteiger partial charge is 0.467 e. The van der Waals surface area contributed by atoms with Gasteiger partial charge in [-0.25, -0.2) is 27.2 Å². The summed E-state index contributed by atoms with van der Waals surface area (Å²) >= 11 is 0. The first kappa shape index (κ1) is 25.0. The van der Waals surface area contributed by atoms with Gasteiger partial charge < -0.3 is 14.6 Å². The van der Waals surface area contributed by atoms with Gasteiger partial charge in [-0.2, -0.15) is 0 Å². The second-order valence-corrected chi connectivity index (χ2v) is 9.96. The monoisotopic (exact) mass is 512 g/mol. The van der Waals surface area contributed by atoms with E-state index in [-0.39, 0.29) is 35.9 Å². The fraction of sp³-hybridized carbons (Fsp3) is 0.160. The third-order valence-corrected chi connectivity index (χ3v) is 6.81. The standard InChI is InChI=1S/C25H22F2N4O4S/c1-2-36(33,34)25-28-14-22(23(30-25)24(32)29-21-8-4-3-7-20(21)27)31(16-19-6-5-13-35-19)15-17-9-11-18(26)12-10-17/h3-14H,2,15-16H2,1H3,(H,29,32). The molecule has 8 nitrogen and oxygen atoms in total. The minimum atomic E-state index is -3.85. The van der Waals surface area contributed by atoms with Crippen LogP contribution in [0, 0.1) is 11.6 Å². The fourth-order valence-corrected chi connectivity index (χ4v) is 4.11. The van der Waals surface area contributed by atoms with Crippen LogP contribution in [0.2, 0.25) is 0 Å². The number of para-hydroxylation sites is 1. The van der Waals surface area contributed by atoms with Crippen molar-refractivity contribution >= 4 is 27.1 Å². The maximum absolute atomic E-state index is 14.2.